The first-order valence-electron chi connectivity index (χ1n) is 6.43. The fourth-order valence-corrected chi connectivity index (χ4v) is 2.61. The normalized spacial score (nSPS) is 17.9. The molecule has 1 atom stereocenters. The topological polar surface area (TPSA) is 104 Å². The van der Waals surface area contributed by atoms with Gasteiger partial charge in [0, 0.05) is 6.61 Å². The number of anilines is 2. The molecule has 0 saturated carbocycles. The molecule has 1 amide bonds. The van der Waals surface area contributed by atoms with E-state index in [4.69, 9.17) is 15.2 Å². The van der Waals surface area contributed by atoms with Gasteiger partial charge in [-0.3, -0.25) is 14.9 Å². The summed E-state index contributed by atoms with van der Waals surface area (Å²) in [6, 6.07) is 0. The average molecular weight is 299 g/mol. The molecule has 1 saturated heterocycles. The van der Waals surface area contributed by atoms with Crippen LogP contribution in [0.3, 0.4) is 0 Å². The molecule has 20 heavy (non-hydrogen) atoms. The summed E-state index contributed by atoms with van der Waals surface area (Å²) in [5.74, 6) is -0.611. The van der Waals surface area contributed by atoms with Crippen molar-refractivity contribution >= 4 is 33.3 Å². The highest BCUT2D eigenvalue weighted by Crippen LogP contribution is 2.26. The number of ether oxygens (including phenoxy) is 2. The van der Waals surface area contributed by atoms with Crippen LogP contribution in [0.15, 0.2) is 0 Å². The highest BCUT2D eigenvalue weighted by Gasteiger charge is 2.25. The molecule has 1 aromatic rings. The van der Waals surface area contributed by atoms with Gasteiger partial charge in [-0.15, -0.1) is 0 Å². The molecule has 0 aliphatic carbocycles. The SMILES string of the molecule is CCOC(=O)Cc1nc(NC(=O)C2CCCO2)sc1N. The van der Waals surface area contributed by atoms with Crippen LogP contribution >= 0.6 is 11.3 Å². The second kappa shape index (κ2) is 6.67. The number of aromatic nitrogens is 1. The number of nitrogen functional groups attached to an aromatic ring is 1. The molecule has 0 aromatic carbocycles. The van der Waals surface area contributed by atoms with Crippen molar-refractivity contribution in [1.82, 2.24) is 4.98 Å². The van der Waals surface area contributed by atoms with Gasteiger partial charge in [-0.25, -0.2) is 4.98 Å². The standard InChI is InChI=1S/C12H17N3O4S/c1-2-18-9(16)6-7-10(13)20-12(14-7)15-11(17)8-4-3-5-19-8/h8H,2-6,13H2,1H3,(H,14,15,17). The third-order valence-corrected chi connectivity index (χ3v) is 3.64. The smallest absolute Gasteiger partial charge is 0.311 e. The van der Waals surface area contributed by atoms with E-state index in [9.17, 15) is 9.59 Å². The van der Waals surface area contributed by atoms with Crippen LogP contribution in [0.5, 0.6) is 0 Å². The predicted molar refractivity (Wildman–Crippen MR) is 74.5 cm³/mol. The van der Waals surface area contributed by atoms with Crippen LogP contribution in [0.25, 0.3) is 0 Å². The number of thiazole rings is 1. The quantitative estimate of drug-likeness (QED) is 0.784. The minimum Gasteiger partial charge on any atom is -0.466 e. The van der Waals surface area contributed by atoms with Crippen LogP contribution in [-0.4, -0.2) is 36.2 Å². The lowest BCUT2D eigenvalue weighted by Crippen LogP contribution is -2.26. The molecular weight excluding hydrogens is 282 g/mol. The fraction of sp³-hybridized carbons (Fsp3) is 0.583. The van der Waals surface area contributed by atoms with Gasteiger partial charge in [0.2, 0.25) is 0 Å². The second-order valence-corrected chi connectivity index (χ2v) is 5.33. The molecule has 7 nitrogen and oxygen atoms in total. The van der Waals surface area contributed by atoms with Gasteiger partial charge in [0.25, 0.3) is 5.91 Å². The zero-order chi connectivity index (χ0) is 14.5. The largest absolute Gasteiger partial charge is 0.466 e. The predicted octanol–water partition coefficient (Wildman–Crippen LogP) is 0.948. The minimum absolute atomic E-state index is 0.00592. The zero-order valence-electron chi connectivity index (χ0n) is 11.2. The van der Waals surface area contributed by atoms with Crippen LogP contribution in [0.1, 0.15) is 25.5 Å². The number of rotatable bonds is 5. The number of carbonyl (C=O) groups is 2. The van der Waals surface area contributed by atoms with Crippen LogP contribution in [0.4, 0.5) is 10.1 Å². The molecule has 0 radical (unpaired) electrons. The summed E-state index contributed by atoms with van der Waals surface area (Å²) in [6.07, 6.45) is 1.18. The summed E-state index contributed by atoms with van der Waals surface area (Å²) in [5, 5.41) is 3.44. The van der Waals surface area contributed by atoms with Crippen LogP contribution in [0, 0.1) is 0 Å². The summed E-state index contributed by atoms with van der Waals surface area (Å²) in [4.78, 5) is 27.4. The molecule has 1 aliphatic heterocycles. The lowest BCUT2D eigenvalue weighted by molar-refractivity contribution is -0.142. The van der Waals surface area contributed by atoms with Gasteiger partial charge in [-0.2, -0.15) is 0 Å². The van der Waals surface area contributed by atoms with E-state index in [1.807, 2.05) is 0 Å². The van der Waals surface area contributed by atoms with Crippen molar-refractivity contribution in [3.63, 3.8) is 0 Å². The summed E-state index contributed by atoms with van der Waals surface area (Å²) >= 11 is 1.13. The summed E-state index contributed by atoms with van der Waals surface area (Å²) < 4.78 is 10.1. The van der Waals surface area contributed by atoms with Gasteiger partial charge in [0.05, 0.1) is 18.7 Å². The van der Waals surface area contributed by atoms with E-state index >= 15 is 0 Å². The Hall–Kier alpha value is -1.67. The maximum absolute atomic E-state index is 11.9. The van der Waals surface area contributed by atoms with Crippen LogP contribution in [-0.2, 0) is 25.5 Å². The molecular formula is C12H17N3O4S. The highest BCUT2D eigenvalue weighted by molar-refractivity contribution is 7.19. The van der Waals surface area contributed by atoms with Crippen molar-refractivity contribution in [1.29, 1.82) is 0 Å². The maximum atomic E-state index is 11.9. The molecule has 1 aliphatic rings. The average Bonchev–Trinajstić information content (AvgIpc) is 3.00. The lowest BCUT2D eigenvalue weighted by atomic mass is 10.2. The Morgan fingerprint density at radius 3 is 3.05 bits per heavy atom. The van der Waals surface area contributed by atoms with E-state index < -0.39 is 6.10 Å². The van der Waals surface area contributed by atoms with E-state index in [0.717, 1.165) is 17.8 Å². The zero-order valence-corrected chi connectivity index (χ0v) is 12.0. The van der Waals surface area contributed by atoms with Crippen molar-refractivity contribution in [3.8, 4) is 0 Å². The Balaban J connectivity index is 1.96. The van der Waals surface area contributed by atoms with Gasteiger partial charge in [-0.1, -0.05) is 11.3 Å². The molecule has 1 aromatic heterocycles. The monoisotopic (exact) mass is 299 g/mol. The molecule has 0 bridgehead atoms. The minimum atomic E-state index is -0.423. The third kappa shape index (κ3) is 3.67. The lowest BCUT2D eigenvalue weighted by Gasteiger charge is -2.07. The van der Waals surface area contributed by atoms with Crippen molar-refractivity contribution in [2.45, 2.75) is 32.3 Å². The van der Waals surface area contributed by atoms with E-state index in [0.29, 0.717) is 35.5 Å². The Morgan fingerprint density at radius 2 is 2.40 bits per heavy atom. The number of nitrogens with one attached hydrogen (secondary N) is 1. The van der Waals surface area contributed by atoms with Crippen molar-refractivity contribution in [2.24, 2.45) is 0 Å². The van der Waals surface area contributed by atoms with Crippen molar-refractivity contribution < 1.29 is 19.1 Å². The number of carbonyl (C=O) groups excluding carboxylic acids is 2. The van der Waals surface area contributed by atoms with Crippen molar-refractivity contribution in [3.05, 3.63) is 5.69 Å². The van der Waals surface area contributed by atoms with Crippen LogP contribution in [0.2, 0.25) is 0 Å². The number of hydrogen-bond acceptors (Lipinski definition) is 7. The van der Waals surface area contributed by atoms with E-state index in [2.05, 4.69) is 10.3 Å². The fourth-order valence-electron chi connectivity index (χ4n) is 1.86. The van der Waals surface area contributed by atoms with Crippen LogP contribution < -0.4 is 11.1 Å². The van der Waals surface area contributed by atoms with Gasteiger partial charge < -0.3 is 15.2 Å². The van der Waals surface area contributed by atoms with E-state index in [1.165, 1.54) is 0 Å². The molecule has 3 N–H and O–H groups in total. The molecule has 2 rings (SSSR count). The Morgan fingerprint density at radius 1 is 1.60 bits per heavy atom. The van der Waals surface area contributed by atoms with Crippen molar-refractivity contribution in [2.75, 3.05) is 24.3 Å². The van der Waals surface area contributed by atoms with Gasteiger partial charge in [0.15, 0.2) is 5.13 Å². The molecule has 1 unspecified atom stereocenters. The summed E-state index contributed by atoms with van der Waals surface area (Å²) in [6.45, 7) is 2.65. The number of amides is 1. The molecule has 110 valence electrons. The first-order chi connectivity index (χ1) is 9.60. The third-order valence-electron chi connectivity index (χ3n) is 2.80. The second-order valence-electron chi connectivity index (χ2n) is 4.30. The first kappa shape index (κ1) is 14.7. The number of nitrogens with two attached hydrogens (primary N) is 1. The Bertz CT molecular complexity index is 497. The molecule has 1 fully saturated rings. The maximum Gasteiger partial charge on any atom is 0.311 e. The molecule has 8 heteroatoms. The molecule has 2 heterocycles. The van der Waals surface area contributed by atoms with Gasteiger partial charge in [-0.05, 0) is 19.8 Å². The summed E-state index contributed by atoms with van der Waals surface area (Å²) in [7, 11) is 0. The highest BCUT2D eigenvalue weighted by atomic mass is 32.1. The Kier molecular flexibility index (Phi) is 4.91. The number of hydrogen-bond donors (Lipinski definition) is 2. The summed E-state index contributed by atoms with van der Waals surface area (Å²) in [5.41, 5.74) is 6.21. The first-order valence-corrected chi connectivity index (χ1v) is 7.25. The van der Waals surface area contributed by atoms with E-state index in [-0.39, 0.29) is 18.3 Å². The molecule has 0 spiro atoms. The van der Waals surface area contributed by atoms with Gasteiger partial charge in [0.1, 0.15) is 11.1 Å². The number of esters is 1. The number of nitrogens with zero attached hydrogens (tertiary/aromatic N) is 1. The van der Waals surface area contributed by atoms with E-state index in [1.54, 1.807) is 6.92 Å². The van der Waals surface area contributed by atoms with Gasteiger partial charge >= 0.3 is 5.97 Å². The Labute approximate surface area is 120 Å².